The van der Waals surface area contributed by atoms with E-state index in [1.165, 1.54) is 400 Å². The predicted octanol–water partition coefficient (Wildman–Crippen LogP) is 38.9. The summed E-state index contributed by atoms with van der Waals surface area (Å²) in [6.07, 6.45) is 0. The van der Waals surface area contributed by atoms with Crippen molar-refractivity contribution in [1.82, 2.24) is 0 Å². The van der Waals surface area contributed by atoms with Crippen LogP contribution in [0.4, 0.5) is 0 Å². The Morgan fingerprint density at radius 2 is 0.316 bits per heavy atom. The molecule has 24 aromatic carbocycles. The second-order valence-electron chi connectivity index (χ2n) is 41.7. The van der Waals surface area contributed by atoms with Crippen LogP contribution in [0.5, 0.6) is 0 Å². The normalized spacial score (nSPS) is 12.1. The molecule has 0 aliphatic heterocycles. The van der Waals surface area contributed by atoms with Gasteiger partial charge in [0.1, 0.15) is 0 Å². The summed E-state index contributed by atoms with van der Waals surface area (Å²) in [6.45, 7) is 84.4. The molecule has 0 fully saturated rings. The molecule has 0 amide bonds. The average molecular weight is 1730 g/mol. The monoisotopic (exact) mass is 1730 g/mol. The molecule has 0 aromatic heterocycles. The van der Waals surface area contributed by atoms with Gasteiger partial charge in [-0.05, 0) is 656 Å². The number of aryl methyl sites for hydroxylation is 33. The lowest BCUT2D eigenvalue weighted by Gasteiger charge is -2.27. The molecule has 0 saturated heterocycles. The van der Waals surface area contributed by atoms with Crippen LogP contribution >= 0.6 is 0 Å². The van der Waals surface area contributed by atoms with E-state index in [1.54, 1.807) is 0 Å². The van der Waals surface area contributed by atoms with E-state index in [-0.39, 0.29) is 0 Å². The van der Waals surface area contributed by atoms with Gasteiger partial charge in [0, 0.05) is 0 Å². The fraction of sp³-hybridized carbons (Fsp3) is 0.278. The van der Waals surface area contributed by atoms with Crippen LogP contribution in [-0.2, 0) is 0 Å². The molecule has 24 aromatic rings. The maximum Gasteiger partial charge on any atom is -0.00153 e. The molecule has 0 aliphatic carbocycles. The minimum absolute atomic E-state index is 1.35. The molecular weight excluding hydrogens is 1600 g/mol. The summed E-state index contributed by atoms with van der Waals surface area (Å²) in [5.41, 5.74) is 52.9. The first kappa shape index (κ1) is 89.7. The van der Waals surface area contributed by atoms with Crippen LogP contribution in [0.1, 0.15) is 206 Å². The Bertz CT molecular complexity index is 8550. The van der Waals surface area contributed by atoms with Gasteiger partial charge in [0.15, 0.2) is 0 Å². The van der Waals surface area contributed by atoms with E-state index in [0.29, 0.717) is 0 Å². The van der Waals surface area contributed by atoms with Crippen molar-refractivity contribution in [3.8, 4) is 0 Å². The van der Waals surface area contributed by atoms with Crippen LogP contribution in [0.15, 0.2) is 140 Å². The molecule has 0 heteroatoms. The summed E-state index contributed by atoms with van der Waals surface area (Å²) in [6, 6.07) is 52.4. The van der Waals surface area contributed by atoms with Gasteiger partial charge in [-0.3, -0.25) is 0 Å². The maximum absolute atomic E-state index is 2.36. The van der Waals surface area contributed by atoms with Crippen LogP contribution in [-0.4, -0.2) is 0 Å². The molecule has 0 N–H and O–H groups in total. The van der Waals surface area contributed by atoms with Gasteiger partial charge < -0.3 is 0 Å². The Morgan fingerprint density at radius 3 is 0.707 bits per heavy atom. The average Bonchev–Trinajstić information content (AvgIpc) is 0.689. The largest absolute Gasteiger partial charge is 0.0610 e. The lowest BCUT2D eigenvalue weighted by molar-refractivity contribution is 1.26. The molecular formula is C133H134. The molecule has 24 rings (SSSR count). The lowest BCUT2D eigenvalue weighted by atomic mass is 9.77. The Morgan fingerprint density at radius 1 is 0.0902 bits per heavy atom. The highest BCUT2D eigenvalue weighted by Crippen LogP contribution is 2.53. The molecule has 0 unspecified atom stereocenters. The van der Waals surface area contributed by atoms with Crippen LogP contribution < -0.4 is 0 Å². The zero-order valence-electron chi connectivity index (χ0n) is 86.8. The van der Waals surface area contributed by atoms with Gasteiger partial charge in [-0.1, -0.05) is 140 Å². The third-order valence-electron chi connectivity index (χ3n) is 35.0. The fourth-order valence-corrected chi connectivity index (χ4v) is 26.1. The molecule has 0 heterocycles. The quantitative estimate of drug-likeness (QED) is 0.133. The highest BCUT2D eigenvalue weighted by atomic mass is 14.3. The Labute approximate surface area is 789 Å². The van der Waals surface area contributed by atoms with Crippen molar-refractivity contribution < 1.29 is 0 Å². The Balaban J connectivity index is 0.000000103. The van der Waals surface area contributed by atoms with Crippen molar-refractivity contribution in [1.29, 1.82) is 0 Å². The molecule has 0 nitrogen and oxygen atoms in total. The molecule has 0 atom stereocenters. The first-order valence-corrected chi connectivity index (χ1v) is 48.8. The van der Waals surface area contributed by atoms with Crippen molar-refractivity contribution >= 4 is 194 Å². The van der Waals surface area contributed by atoms with Crippen molar-refractivity contribution in [3.05, 3.63) is 345 Å². The second kappa shape index (κ2) is 31.9. The van der Waals surface area contributed by atoms with Crippen LogP contribution in [0, 0.1) is 256 Å². The summed E-state index contributed by atoms with van der Waals surface area (Å²) >= 11 is 0. The molecule has 0 bridgehead atoms. The van der Waals surface area contributed by atoms with Crippen molar-refractivity contribution in [2.45, 2.75) is 256 Å². The van der Waals surface area contributed by atoms with E-state index < -0.39 is 0 Å². The van der Waals surface area contributed by atoms with Gasteiger partial charge >= 0.3 is 0 Å². The summed E-state index contributed by atoms with van der Waals surface area (Å²) < 4.78 is 0. The second-order valence-corrected chi connectivity index (χ2v) is 41.7. The topological polar surface area (TPSA) is 0 Å². The van der Waals surface area contributed by atoms with E-state index in [9.17, 15) is 0 Å². The number of rotatable bonds is 0. The van der Waals surface area contributed by atoms with Gasteiger partial charge in [0.25, 0.3) is 0 Å². The van der Waals surface area contributed by atoms with Crippen molar-refractivity contribution in [2.75, 3.05) is 0 Å². The van der Waals surface area contributed by atoms with Gasteiger partial charge in [0.05, 0.1) is 0 Å². The van der Waals surface area contributed by atoms with Gasteiger partial charge in [0.2, 0.25) is 0 Å². The number of hydrogen-bond acceptors (Lipinski definition) is 0. The van der Waals surface area contributed by atoms with Gasteiger partial charge in [-0.25, -0.2) is 0 Å². The molecule has 0 radical (unpaired) electrons. The maximum atomic E-state index is 2.36. The molecule has 0 spiro atoms. The molecule has 133 heavy (non-hydrogen) atoms. The molecule has 0 saturated carbocycles. The standard InChI is InChI=1S/2C26H30.C21H20.3C20H18/c2*1-11-13(3)21-17(7)19(9)23-15(5)12(2)16(6)24-20(10)18(8)22(14(11)4)25(21)26(23)24;1-11-6-7-16-8-9-17-10-12(2)13(3)19-15(5)14(4)18(11)20(16)21(17)19;1-11-5-6-15-10-14(4)18-13(3)9-12(2)17-8-7-16(11)19(15)20(17)18;1-11-5-6-15-7-8-16-12(2)9-13(3)18-14(4)10-17(11)19(15)20(16)18;1-11-10-16-9-8-15-6-5-7-17-13(3)14(4)18(12(11)2)20(16)19(15)17/h2*1-10H3;6-10H,1-5H3;3*5-10H,1-4H3. The zero-order chi connectivity index (χ0) is 95.4. The van der Waals surface area contributed by atoms with E-state index in [1.807, 2.05) is 0 Å². The minimum atomic E-state index is 1.35. The third kappa shape index (κ3) is 12.7. The van der Waals surface area contributed by atoms with E-state index in [2.05, 4.69) is 396 Å². The number of benzene rings is 24. The first-order valence-electron chi connectivity index (χ1n) is 48.8. The van der Waals surface area contributed by atoms with Crippen LogP contribution in [0.2, 0.25) is 0 Å². The zero-order valence-corrected chi connectivity index (χ0v) is 86.8. The van der Waals surface area contributed by atoms with E-state index in [0.717, 1.165) is 0 Å². The number of hydrogen-bond donors (Lipinski definition) is 0. The smallest absolute Gasteiger partial charge is 0.00153 e. The summed E-state index contributed by atoms with van der Waals surface area (Å²) in [7, 11) is 0. The van der Waals surface area contributed by atoms with Gasteiger partial charge in [-0.2, -0.15) is 0 Å². The third-order valence-corrected chi connectivity index (χ3v) is 35.0. The summed E-state index contributed by atoms with van der Waals surface area (Å²) in [5.74, 6) is 0. The van der Waals surface area contributed by atoms with Crippen LogP contribution in [0.3, 0.4) is 0 Å². The lowest BCUT2D eigenvalue weighted by Crippen LogP contribution is -2.04. The predicted molar refractivity (Wildman–Crippen MR) is 596 cm³/mol. The summed E-state index contributed by atoms with van der Waals surface area (Å²) in [4.78, 5) is 0. The van der Waals surface area contributed by atoms with Gasteiger partial charge in [-0.15, -0.1) is 0 Å². The Hall–Kier alpha value is -12.5. The van der Waals surface area contributed by atoms with Crippen molar-refractivity contribution in [2.24, 2.45) is 0 Å². The summed E-state index contributed by atoms with van der Waals surface area (Å²) in [5, 5.41) is 52.0. The van der Waals surface area contributed by atoms with Crippen molar-refractivity contribution in [3.63, 3.8) is 0 Å². The van der Waals surface area contributed by atoms with E-state index in [4.69, 9.17) is 0 Å². The SMILES string of the molecule is Cc1c(C)c2c(C)c(C)c3c(C)c(C)c(C)c4c(C)c(C)c(c1C)c2c34.Cc1c(C)c2c(C)c(C)c3c(C)c(C)c(C)c4c(C)c(C)c(c1C)c2c34.Cc1cc2ccc3ccc(C)c4c(C)c(C)c(c1C)c2c34.Cc1cc2ccc3cccc4c(C)c(C)c(c1C)c2c34.Cc1ccc2cc(C)c3c(C)cc(C)c4ccc1c2c43.Cc1ccc2ccc3c(C)cc(C)c4c(C)cc1c2c34. The minimum Gasteiger partial charge on any atom is -0.0610 e. The highest BCUT2D eigenvalue weighted by Gasteiger charge is 2.29. The highest BCUT2D eigenvalue weighted by molar-refractivity contribution is 6.34. The first-order chi connectivity index (χ1) is 63.0. The molecule has 0 aliphatic rings. The molecule has 666 valence electrons. The Kier molecular flexibility index (Phi) is 21.5. The van der Waals surface area contributed by atoms with E-state index >= 15 is 0 Å². The van der Waals surface area contributed by atoms with Crippen LogP contribution in [0.25, 0.3) is 194 Å². The fourth-order valence-electron chi connectivity index (χ4n) is 26.1.